The summed E-state index contributed by atoms with van der Waals surface area (Å²) in [5.74, 6) is -1.07. The molecule has 0 aliphatic heterocycles. The molecule has 4 heterocycles. The number of imidazole rings is 1. The number of hydrogen-bond acceptors (Lipinski definition) is 7. The van der Waals surface area contributed by atoms with Crippen LogP contribution in [0, 0.1) is 11.6 Å². The van der Waals surface area contributed by atoms with Crippen LogP contribution in [0.3, 0.4) is 0 Å². The van der Waals surface area contributed by atoms with E-state index in [0.29, 0.717) is 16.8 Å². The van der Waals surface area contributed by atoms with Gasteiger partial charge in [-0.05, 0) is 30.5 Å². The minimum absolute atomic E-state index is 0.0000389. The number of fused-ring (bicyclic) bond motifs is 1. The fourth-order valence-corrected chi connectivity index (χ4v) is 4.41. The Hall–Kier alpha value is -4.62. The van der Waals surface area contributed by atoms with Crippen molar-refractivity contribution in [2.24, 2.45) is 7.05 Å². The van der Waals surface area contributed by atoms with Crippen LogP contribution in [0.1, 0.15) is 35.7 Å². The zero-order chi connectivity index (χ0) is 28.2. The molecule has 1 aromatic carbocycles. The topological polar surface area (TPSA) is 104 Å². The van der Waals surface area contributed by atoms with Crippen molar-refractivity contribution >= 4 is 11.0 Å². The van der Waals surface area contributed by atoms with Crippen molar-refractivity contribution in [3.63, 3.8) is 0 Å². The number of aromatic amines is 1. The average Bonchev–Trinajstić information content (AvgIpc) is 3.60. The maximum atomic E-state index is 15.0. The first-order valence-corrected chi connectivity index (χ1v) is 12.1. The second-order valence-corrected chi connectivity index (χ2v) is 9.29. The molecule has 0 saturated heterocycles. The van der Waals surface area contributed by atoms with Crippen LogP contribution >= 0.6 is 0 Å². The minimum Gasteiger partial charge on any atom is -0.480 e. The molecule has 0 bridgehead atoms. The van der Waals surface area contributed by atoms with Gasteiger partial charge in [-0.1, -0.05) is 6.07 Å². The number of nitrogens with zero attached hydrogens (tertiary/aromatic N) is 6. The lowest BCUT2D eigenvalue weighted by molar-refractivity contribution is -0.140. The molecule has 0 unspecified atom stereocenters. The third-order valence-corrected chi connectivity index (χ3v) is 6.48. The summed E-state index contributed by atoms with van der Waals surface area (Å²) < 4.78 is 81.2. The molecule has 0 spiro atoms. The summed E-state index contributed by atoms with van der Waals surface area (Å²) in [6.07, 6.45) is 0.488. The quantitative estimate of drug-likeness (QED) is 0.261. The van der Waals surface area contributed by atoms with Crippen molar-refractivity contribution in [2.75, 3.05) is 7.11 Å². The monoisotopic (exact) mass is 557 g/mol. The van der Waals surface area contributed by atoms with Crippen molar-refractivity contribution in [1.29, 1.82) is 0 Å². The van der Waals surface area contributed by atoms with Crippen LogP contribution in [0.15, 0.2) is 36.9 Å². The number of hydrogen-bond donors (Lipinski definition) is 1. The zero-order valence-electron chi connectivity index (χ0n) is 21.1. The molecule has 4 aromatic heterocycles. The van der Waals surface area contributed by atoms with Gasteiger partial charge in [0, 0.05) is 25.4 Å². The summed E-state index contributed by atoms with van der Waals surface area (Å²) in [7, 11) is 2.80. The number of methoxy groups -OCH3 is 1. The first-order valence-electron chi connectivity index (χ1n) is 12.1. The maximum absolute atomic E-state index is 15.0. The van der Waals surface area contributed by atoms with E-state index in [2.05, 4.69) is 29.9 Å². The van der Waals surface area contributed by atoms with E-state index in [1.54, 1.807) is 0 Å². The Balaban J connectivity index is 1.33. The van der Waals surface area contributed by atoms with E-state index in [1.165, 1.54) is 32.6 Å². The van der Waals surface area contributed by atoms with Crippen molar-refractivity contribution in [3.8, 4) is 34.5 Å². The van der Waals surface area contributed by atoms with Crippen LogP contribution in [0.2, 0.25) is 0 Å². The molecule has 1 N–H and O–H groups in total. The summed E-state index contributed by atoms with van der Waals surface area (Å²) in [5.41, 5.74) is 0.412. The smallest absolute Gasteiger partial charge is 0.434 e. The molecule has 6 rings (SSSR count). The number of nitrogens with one attached hydrogen (secondary N) is 1. The van der Waals surface area contributed by atoms with Crippen molar-refractivity contribution in [3.05, 3.63) is 65.5 Å². The fourth-order valence-electron chi connectivity index (χ4n) is 4.41. The molecule has 0 atom stereocenters. The summed E-state index contributed by atoms with van der Waals surface area (Å²) in [5, 5.41) is 0. The summed E-state index contributed by atoms with van der Waals surface area (Å²) in [6, 6.07) is 3.94. The Labute approximate surface area is 223 Å². The molecule has 14 heteroatoms. The second-order valence-electron chi connectivity index (χ2n) is 9.29. The molecule has 1 aliphatic carbocycles. The first-order chi connectivity index (χ1) is 19.1. The highest BCUT2D eigenvalue weighted by atomic mass is 19.4. The predicted molar refractivity (Wildman–Crippen MR) is 131 cm³/mol. The lowest BCUT2D eigenvalue weighted by Gasteiger charge is -2.13. The summed E-state index contributed by atoms with van der Waals surface area (Å²) in [6.45, 7) is -0.185. The number of H-pyrrole nitrogens is 1. The van der Waals surface area contributed by atoms with Crippen molar-refractivity contribution in [1.82, 2.24) is 34.5 Å². The molecule has 206 valence electrons. The van der Waals surface area contributed by atoms with Crippen LogP contribution in [-0.2, 0) is 19.8 Å². The number of aryl methyl sites for hydroxylation is 1. The highest BCUT2D eigenvalue weighted by molar-refractivity contribution is 5.83. The predicted octanol–water partition coefficient (Wildman–Crippen LogP) is 5.58. The molecule has 0 amide bonds. The van der Waals surface area contributed by atoms with Gasteiger partial charge in [0.05, 0.1) is 18.4 Å². The Morgan fingerprint density at radius 2 is 1.85 bits per heavy atom. The van der Waals surface area contributed by atoms with Gasteiger partial charge < -0.3 is 19.0 Å². The van der Waals surface area contributed by atoms with Gasteiger partial charge in [-0.15, -0.1) is 0 Å². The van der Waals surface area contributed by atoms with E-state index in [0.717, 1.165) is 35.9 Å². The van der Waals surface area contributed by atoms with Crippen LogP contribution in [0.5, 0.6) is 11.8 Å². The Kier molecular flexibility index (Phi) is 6.11. The lowest BCUT2D eigenvalue weighted by atomic mass is 10.1. The first kappa shape index (κ1) is 25.6. The fraction of sp³-hybridized carbons (Fsp3) is 0.269. The Bertz CT molecular complexity index is 1740. The molecular formula is C26H20F5N7O2. The van der Waals surface area contributed by atoms with Gasteiger partial charge in [-0.2, -0.15) is 18.2 Å². The van der Waals surface area contributed by atoms with Gasteiger partial charge in [0.15, 0.2) is 17.3 Å². The third kappa shape index (κ3) is 4.58. The van der Waals surface area contributed by atoms with E-state index in [9.17, 15) is 22.0 Å². The van der Waals surface area contributed by atoms with Gasteiger partial charge in [0.2, 0.25) is 11.8 Å². The number of benzene rings is 1. The molecular weight excluding hydrogens is 537 g/mol. The average molecular weight is 557 g/mol. The number of ether oxygens (including phenoxy) is 2. The molecule has 40 heavy (non-hydrogen) atoms. The number of halogens is 5. The number of alkyl halides is 3. The highest BCUT2D eigenvalue weighted by Gasteiger charge is 2.35. The van der Waals surface area contributed by atoms with E-state index < -0.39 is 23.5 Å². The maximum Gasteiger partial charge on any atom is 0.434 e. The lowest BCUT2D eigenvalue weighted by Crippen LogP contribution is -2.05. The highest BCUT2D eigenvalue weighted by Crippen LogP contribution is 2.45. The molecule has 0 radical (unpaired) electrons. The van der Waals surface area contributed by atoms with E-state index in [4.69, 9.17) is 9.47 Å². The Morgan fingerprint density at radius 3 is 2.52 bits per heavy atom. The van der Waals surface area contributed by atoms with E-state index >= 15 is 0 Å². The molecule has 1 saturated carbocycles. The van der Waals surface area contributed by atoms with Crippen molar-refractivity contribution in [2.45, 2.75) is 31.5 Å². The van der Waals surface area contributed by atoms with Crippen LogP contribution in [0.4, 0.5) is 22.0 Å². The number of aromatic nitrogens is 7. The standard InChI is InChI=1S/C26H20F5N7O2/c1-38-9-17(26(29,30)31)35-23(38)14-6-3-12(7-15(14)27)10-40-25-21-20(16(28)8-32-21)36-22(37-25)18-19(13-4-5-13)33-11-34-24(18)39-2/h3,6-9,11,13,32H,4-5,10H2,1-2H3. The summed E-state index contributed by atoms with van der Waals surface area (Å²) in [4.78, 5) is 23.7. The molecule has 1 aliphatic rings. The van der Waals surface area contributed by atoms with Gasteiger partial charge in [-0.25, -0.2) is 28.7 Å². The summed E-state index contributed by atoms with van der Waals surface area (Å²) >= 11 is 0. The number of rotatable bonds is 7. The van der Waals surface area contributed by atoms with Gasteiger partial charge in [-0.3, -0.25) is 0 Å². The SMILES string of the molecule is COc1ncnc(C2CC2)c1-c1nc(OCc2ccc(-c3nc(C(F)(F)F)cn3C)c(F)c2)c2[nH]cc(F)c2n1. The largest absolute Gasteiger partial charge is 0.480 e. The van der Waals surface area contributed by atoms with Crippen LogP contribution in [-0.4, -0.2) is 41.6 Å². The van der Waals surface area contributed by atoms with Gasteiger partial charge >= 0.3 is 6.18 Å². The van der Waals surface area contributed by atoms with Gasteiger partial charge in [0.1, 0.15) is 41.2 Å². The van der Waals surface area contributed by atoms with Crippen molar-refractivity contribution < 1.29 is 31.4 Å². The molecule has 1 fully saturated rings. The zero-order valence-corrected chi connectivity index (χ0v) is 21.1. The molecule has 9 nitrogen and oxygen atoms in total. The van der Waals surface area contributed by atoms with Gasteiger partial charge in [0.25, 0.3) is 0 Å². The van der Waals surface area contributed by atoms with E-state index in [-0.39, 0.29) is 52.5 Å². The second kappa shape index (κ2) is 9.54. The van der Waals surface area contributed by atoms with Crippen LogP contribution < -0.4 is 9.47 Å². The Morgan fingerprint density at radius 1 is 1.05 bits per heavy atom. The minimum atomic E-state index is -4.66. The third-order valence-electron chi connectivity index (χ3n) is 6.48. The molecule has 5 aromatic rings. The normalized spacial score (nSPS) is 13.7. The van der Waals surface area contributed by atoms with E-state index in [1.807, 2.05) is 0 Å². The van der Waals surface area contributed by atoms with Crippen LogP contribution in [0.25, 0.3) is 33.8 Å².